The summed E-state index contributed by atoms with van der Waals surface area (Å²) in [5, 5.41) is 12.8. The van der Waals surface area contributed by atoms with Crippen LogP contribution >= 0.6 is 11.6 Å². The molecule has 0 bridgehead atoms. The fraction of sp³-hybridized carbons (Fsp3) is 0.0870. The van der Waals surface area contributed by atoms with E-state index in [0.29, 0.717) is 10.6 Å². The van der Waals surface area contributed by atoms with Crippen LogP contribution in [0.3, 0.4) is 0 Å². The quantitative estimate of drug-likeness (QED) is 0.358. The molecule has 0 saturated carbocycles. The highest BCUT2D eigenvalue weighted by Crippen LogP contribution is 2.30. The molecule has 0 aliphatic carbocycles. The number of aromatic nitrogens is 1. The van der Waals surface area contributed by atoms with Crippen molar-refractivity contribution in [3.05, 3.63) is 83.0 Å². The lowest BCUT2D eigenvalue weighted by Crippen LogP contribution is -2.23. The number of carbonyl (C=O) groups excluding carboxylic acids is 2. The van der Waals surface area contributed by atoms with E-state index in [0.717, 1.165) is 21.7 Å². The average molecular weight is 387 g/mol. The minimum atomic E-state index is -1.42. The van der Waals surface area contributed by atoms with Crippen LogP contribution in [0.4, 0.5) is 0 Å². The number of halogens is 1. The highest BCUT2D eigenvalue weighted by Gasteiger charge is 2.30. The second kappa shape index (κ2) is 6.95. The number of Topliss-reactive ketones (excluding diaryl/α,β-unsaturated/α-hetero) is 2. The molecule has 0 spiro atoms. The van der Waals surface area contributed by atoms with Crippen LogP contribution in [-0.2, 0) is 7.05 Å². The molecular formula is C23H15ClN2O2. The second-order valence-corrected chi connectivity index (χ2v) is 7.07. The molecule has 0 saturated heterocycles. The molecule has 1 unspecified atom stereocenters. The van der Waals surface area contributed by atoms with Crippen LogP contribution in [0, 0.1) is 17.2 Å². The summed E-state index contributed by atoms with van der Waals surface area (Å²) >= 11 is 5.95. The molecule has 1 aromatic heterocycles. The molecule has 4 nitrogen and oxygen atoms in total. The number of ketones is 2. The molecular weight excluding hydrogens is 372 g/mol. The van der Waals surface area contributed by atoms with E-state index in [2.05, 4.69) is 0 Å². The van der Waals surface area contributed by atoms with Crippen molar-refractivity contribution in [3.8, 4) is 6.07 Å². The summed E-state index contributed by atoms with van der Waals surface area (Å²) in [5.41, 5.74) is 1.51. The summed E-state index contributed by atoms with van der Waals surface area (Å²) in [5.74, 6) is -2.48. The first-order valence-electron chi connectivity index (χ1n) is 8.71. The van der Waals surface area contributed by atoms with Crippen LogP contribution in [0.2, 0.25) is 5.02 Å². The fourth-order valence-electron chi connectivity index (χ4n) is 3.58. The van der Waals surface area contributed by atoms with Gasteiger partial charge in [0.1, 0.15) is 0 Å². The molecule has 28 heavy (non-hydrogen) atoms. The number of rotatable bonds is 4. The smallest absolute Gasteiger partial charge is 0.190 e. The van der Waals surface area contributed by atoms with E-state index in [-0.39, 0.29) is 5.56 Å². The van der Waals surface area contributed by atoms with Gasteiger partial charge in [-0.3, -0.25) is 9.59 Å². The summed E-state index contributed by atoms with van der Waals surface area (Å²) in [4.78, 5) is 25.9. The van der Waals surface area contributed by atoms with Gasteiger partial charge >= 0.3 is 0 Å². The predicted molar refractivity (Wildman–Crippen MR) is 110 cm³/mol. The average Bonchev–Trinajstić information content (AvgIpc) is 3.05. The third kappa shape index (κ3) is 2.87. The zero-order valence-electron chi connectivity index (χ0n) is 15.0. The number of benzene rings is 3. The molecule has 1 atom stereocenters. The Hall–Kier alpha value is -3.42. The van der Waals surface area contributed by atoms with Gasteiger partial charge in [0.25, 0.3) is 0 Å². The van der Waals surface area contributed by atoms with Gasteiger partial charge in [-0.05, 0) is 17.5 Å². The first-order valence-corrected chi connectivity index (χ1v) is 9.09. The number of hydrogen-bond acceptors (Lipinski definition) is 3. The lowest BCUT2D eigenvalue weighted by molar-refractivity contribution is 0.0847. The Morgan fingerprint density at radius 1 is 1.00 bits per heavy atom. The molecule has 0 N–H and O–H groups in total. The number of nitriles is 1. The Bertz CT molecular complexity index is 1300. The minimum Gasteiger partial charge on any atom is -0.349 e. The van der Waals surface area contributed by atoms with Gasteiger partial charge < -0.3 is 4.57 Å². The lowest BCUT2D eigenvalue weighted by Gasteiger charge is -2.08. The van der Waals surface area contributed by atoms with Gasteiger partial charge in [0.2, 0.25) is 0 Å². The van der Waals surface area contributed by atoms with E-state index >= 15 is 0 Å². The van der Waals surface area contributed by atoms with Gasteiger partial charge in [-0.15, -0.1) is 0 Å². The number of carbonyl (C=O) groups is 2. The van der Waals surface area contributed by atoms with Crippen molar-refractivity contribution >= 4 is 44.8 Å². The van der Waals surface area contributed by atoms with Crippen molar-refractivity contribution in [2.24, 2.45) is 13.0 Å². The number of nitrogens with zero attached hydrogens (tertiary/aromatic N) is 2. The Labute approximate surface area is 166 Å². The van der Waals surface area contributed by atoms with Gasteiger partial charge in [-0.2, -0.15) is 5.26 Å². The summed E-state index contributed by atoms with van der Waals surface area (Å²) < 4.78 is 1.86. The summed E-state index contributed by atoms with van der Waals surface area (Å²) in [6.07, 6.45) is 1.69. The van der Waals surface area contributed by atoms with Crippen molar-refractivity contribution < 1.29 is 9.59 Å². The Morgan fingerprint density at radius 3 is 2.54 bits per heavy atom. The summed E-state index contributed by atoms with van der Waals surface area (Å²) in [6.45, 7) is 0. The van der Waals surface area contributed by atoms with Crippen molar-refractivity contribution in [3.63, 3.8) is 0 Å². The van der Waals surface area contributed by atoms with Crippen LogP contribution < -0.4 is 0 Å². The normalized spacial score (nSPS) is 12.0. The van der Waals surface area contributed by atoms with E-state index < -0.39 is 17.5 Å². The molecule has 3 aromatic carbocycles. The van der Waals surface area contributed by atoms with Crippen LogP contribution in [0.15, 0.2) is 66.9 Å². The molecule has 4 aromatic rings. The molecule has 136 valence electrons. The maximum atomic E-state index is 13.1. The maximum absolute atomic E-state index is 13.1. The Kier molecular flexibility index (Phi) is 4.46. The maximum Gasteiger partial charge on any atom is 0.190 e. The van der Waals surface area contributed by atoms with Crippen molar-refractivity contribution in [1.29, 1.82) is 5.26 Å². The SMILES string of the molecule is Cn1cc(C(=O)C(C#N)C(=O)c2cccc(Cl)c2)c2ccc3ccccc3c21. The number of aryl methyl sites for hydroxylation is 1. The molecule has 0 amide bonds. The molecule has 0 aliphatic heterocycles. The zero-order valence-corrected chi connectivity index (χ0v) is 15.8. The molecule has 0 fully saturated rings. The standard InChI is InChI=1S/C23H15ClN2O2/c1-26-13-20(18-10-9-14-5-2-3-8-17(14)21(18)26)23(28)19(12-25)22(27)15-6-4-7-16(24)11-15/h2-11,13,19H,1H3. The summed E-state index contributed by atoms with van der Waals surface area (Å²) in [6, 6.07) is 19.9. The molecule has 1 heterocycles. The lowest BCUT2D eigenvalue weighted by atomic mass is 9.90. The van der Waals surface area contributed by atoms with E-state index in [1.54, 1.807) is 24.4 Å². The minimum absolute atomic E-state index is 0.248. The highest BCUT2D eigenvalue weighted by molar-refractivity contribution is 6.31. The highest BCUT2D eigenvalue weighted by atomic mass is 35.5. The Morgan fingerprint density at radius 2 is 1.79 bits per heavy atom. The fourth-order valence-corrected chi connectivity index (χ4v) is 3.77. The van der Waals surface area contributed by atoms with E-state index in [1.807, 2.05) is 54.1 Å². The van der Waals surface area contributed by atoms with Crippen LogP contribution in [0.25, 0.3) is 21.7 Å². The van der Waals surface area contributed by atoms with E-state index in [9.17, 15) is 14.9 Å². The third-order valence-electron chi connectivity index (χ3n) is 4.89. The molecule has 4 rings (SSSR count). The third-order valence-corrected chi connectivity index (χ3v) is 5.13. The first kappa shape index (κ1) is 18.0. The van der Waals surface area contributed by atoms with E-state index in [4.69, 9.17) is 11.6 Å². The monoisotopic (exact) mass is 386 g/mol. The molecule has 5 heteroatoms. The van der Waals surface area contributed by atoms with Crippen LogP contribution in [0.1, 0.15) is 20.7 Å². The first-order chi connectivity index (χ1) is 13.5. The number of hydrogen-bond donors (Lipinski definition) is 0. The predicted octanol–water partition coefficient (Wildman–Crippen LogP) is 5.19. The largest absolute Gasteiger partial charge is 0.349 e. The van der Waals surface area contributed by atoms with Gasteiger partial charge in [-0.1, -0.05) is 60.1 Å². The molecule has 0 aliphatic rings. The molecule has 0 radical (unpaired) electrons. The van der Waals surface area contributed by atoms with Crippen LogP contribution in [-0.4, -0.2) is 16.1 Å². The van der Waals surface area contributed by atoms with Gasteiger partial charge in [0.15, 0.2) is 17.5 Å². The Balaban J connectivity index is 1.83. The van der Waals surface area contributed by atoms with Gasteiger partial charge in [-0.25, -0.2) is 0 Å². The topological polar surface area (TPSA) is 62.9 Å². The van der Waals surface area contributed by atoms with Crippen molar-refractivity contribution in [2.45, 2.75) is 0 Å². The van der Waals surface area contributed by atoms with Gasteiger partial charge in [0, 0.05) is 40.2 Å². The van der Waals surface area contributed by atoms with Crippen LogP contribution in [0.5, 0.6) is 0 Å². The second-order valence-electron chi connectivity index (χ2n) is 6.64. The summed E-state index contributed by atoms with van der Waals surface area (Å²) in [7, 11) is 1.85. The van der Waals surface area contributed by atoms with Crippen molar-refractivity contribution in [2.75, 3.05) is 0 Å². The zero-order chi connectivity index (χ0) is 19.8. The van der Waals surface area contributed by atoms with E-state index in [1.165, 1.54) is 6.07 Å². The van der Waals surface area contributed by atoms with Gasteiger partial charge in [0.05, 0.1) is 11.6 Å². The number of fused-ring (bicyclic) bond motifs is 3. The van der Waals surface area contributed by atoms with Crippen molar-refractivity contribution in [1.82, 2.24) is 4.57 Å².